The molecule has 1 amide bonds. The molecule has 150 valence electrons. The maximum Gasteiger partial charge on any atom is 0.241 e. The number of nitrogens with one attached hydrogen (secondary N) is 1. The number of amides is 1. The lowest BCUT2D eigenvalue weighted by molar-refractivity contribution is -0.121. The summed E-state index contributed by atoms with van der Waals surface area (Å²) in [4.78, 5) is 14.5. The summed E-state index contributed by atoms with van der Waals surface area (Å²) in [6.45, 7) is 3.61. The minimum atomic E-state index is -3.37. The van der Waals surface area contributed by atoms with Crippen molar-refractivity contribution in [1.82, 2.24) is 9.21 Å². The minimum Gasteiger partial charge on any atom is -0.325 e. The molecule has 3 rings (SSSR count). The van der Waals surface area contributed by atoms with Crippen LogP contribution in [0.2, 0.25) is 5.02 Å². The summed E-state index contributed by atoms with van der Waals surface area (Å²) in [5.41, 5.74) is 1.42. The Kier molecular flexibility index (Phi) is 6.72. The summed E-state index contributed by atoms with van der Waals surface area (Å²) in [7, 11) is -3.37. The summed E-state index contributed by atoms with van der Waals surface area (Å²) in [6, 6.07) is 15.8. The van der Waals surface area contributed by atoms with Gasteiger partial charge in [0.1, 0.15) is 0 Å². The zero-order chi connectivity index (χ0) is 20.1. The van der Waals surface area contributed by atoms with Crippen LogP contribution in [0, 0.1) is 0 Å². The van der Waals surface area contributed by atoms with Crippen molar-refractivity contribution >= 4 is 33.2 Å². The molecule has 2 aromatic carbocycles. The monoisotopic (exact) mass is 421 g/mol. The minimum absolute atomic E-state index is 0.00134. The topological polar surface area (TPSA) is 69.7 Å². The fourth-order valence-corrected chi connectivity index (χ4v) is 4.93. The molecule has 0 spiro atoms. The van der Waals surface area contributed by atoms with E-state index in [1.165, 1.54) is 4.31 Å². The first kappa shape index (κ1) is 20.8. The van der Waals surface area contributed by atoms with E-state index in [9.17, 15) is 13.2 Å². The molecule has 8 heteroatoms. The number of nitrogens with zero attached hydrogens (tertiary/aromatic N) is 2. The molecule has 2 aromatic rings. The molecule has 0 radical (unpaired) electrons. The van der Waals surface area contributed by atoms with Gasteiger partial charge in [0.2, 0.25) is 15.9 Å². The van der Waals surface area contributed by atoms with E-state index in [-0.39, 0.29) is 17.7 Å². The Hall–Kier alpha value is -1.93. The van der Waals surface area contributed by atoms with Gasteiger partial charge in [-0.1, -0.05) is 48.0 Å². The lowest BCUT2D eigenvalue weighted by Gasteiger charge is -2.36. The Labute approximate surface area is 171 Å². The second-order valence-electron chi connectivity index (χ2n) is 6.85. The largest absolute Gasteiger partial charge is 0.325 e. The van der Waals surface area contributed by atoms with Crippen LogP contribution in [-0.2, 0) is 20.6 Å². The Morgan fingerprint density at radius 1 is 1.07 bits per heavy atom. The second-order valence-corrected chi connectivity index (χ2v) is 9.26. The zero-order valence-electron chi connectivity index (χ0n) is 15.7. The maximum absolute atomic E-state index is 12.7. The smallest absolute Gasteiger partial charge is 0.241 e. The van der Waals surface area contributed by atoms with Gasteiger partial charge in [0.15, 0.2) is 0 Å². The van der Waals surface area contributed by atoms with E-state index in [2.05, 4.69) is 5.32 Å². The van der Waals surface area contributed by atoms with Gasteiger partial charge in [-0.3, -0.25) is 9.69 Å². The summed E-state index contributed by atoms with van der Waals surface area (Å²) in [6.07, 6.45) is 0. The molecule has 0 aliphatic carbocycles. The van der Waals surface area contributed by atoms with Crippen LogP contribution < -0.4 is 5.32 Å². The molecular weight excluding hydrogens is 398 g/mol. The lowest BCUT2D eigenvalue weighted by Crippen LogP contribution is -2.54. The Bertz CT molecular complexity index is 913. The first-order chi connectivity index (χ1) is 13.3. The third-order valence-electron chi connectivity index (χ3n) is 4.88. The van der Waals surface area contributed by atoms with Crippen molar-refractivity contribution in [3.8, 4) is 0 Å². The molecule has 1 heterocycles. The lowest BCUT2D eigenvalue weighted by atomic mass is 10.2. The molecule has 0 aromatic heterocycles. The molecule has 0 saturated carbocycles. The van der Waals surface area contributed by atoms with Crippen LogP contribution in [0.1, 0.15) is 12.5 Å². The maximum atomic E-state index is 12.7. The van der Waals surface area contributed by atoms with Crippen molar-refractivity contribution in [1.29, 1.82) is 0 Å². The Balaban J connectivity index is 1.54. The Morgan fingerprint density at radius 2 is 1.75 bits per heavy atom. The molecule has 1 aliphatic rings. The van der Waals surface area contributed by atoms with Gasteiger partial charge < -0.3 is 5.32 Å². The molecule has 1 fully saturated rings. The van der Waals surface area contributed by atoms with Crippen LogP contribution in [0.3, 0.4) is 0 Å². The third-order valence-corrected chi connectivity index (χ3v) is 6.96. The zero-order valence-corrected chi connectivity index (χ0v) is 17.3. The van der Waals surface area contributed by atoms with Gasteiger partial charge >= 0.3 is 0 Å². The van der Waals surface area contributed by atoms with Crippen LogP contribution in [-0.4, -0.2) is 55.8 Å². The molecule has 0 bridgehead atoms. The van der Waals surface area contributed by atoms with Gasteiger partial charge in [-0.25, -0.2) is 8.42 Å². The van der Waals surface area contributed by atoms with E-state index in [0.29, 0.717) is 36.9 Å². The van der Waals surface area contributed by atoms with E-state index in [1.54, 1.807) is 24.3 Å². The number of carbonyl (C=O) groups excluding carboxylic acids is 1. The van der Waals surface area contributed by atoms with Crippen molar-refractivity contribution in [2.24, 2.45) is 0 Å². The van der Waals surface area contributed by atoms with Crippen LogP contribution in [0.5, 0.6) is 0 Å². The molecule has 1 N–H and O–H groups in total. The Morgan fingerprint density at radius 3 is 2.39 bits per heavy atom. The predicted molar refractivity (Wildman–Crippen MR) is 112 cm³/mol. The van der Waals surface area contributed by atoms with E-state index in [1.807, 2.05) is 42.2 Å². The van der Waals surface area contributed by atoms with Crippen molar-refractivity contribution in [3.05, 3.63) is 65.2 Å². The van der Waals surface area contributed by atoms with Crippen molar-refractivity contribution in [3.63, 3.8) is 0 Å². The van der Waals surface area contributed by atoms with Crippen LogP contribution in [0.25, 0.3) is 0 Å². The predicted octanol–water partition coefficient (Wildman–Crippen LogP) is 2.81. The average molecular weight is 422 g/mol. The van der Waals surface area contributed by atoms with Crippen molar-refractivity contribution in [2.75, 3.05) is 31.5 Å². The number of halogens is 1. The number of rotatable bonds is 6. The highest BCUT2D eigenvalue weighted by Gasteiger charge is 2.30. The van der Waals surface area contributed by atoms with Crippen molar-refractivity contribution in [2.45, 2.75) is 18.7 Å². The summed E-state index contributed by atoms with van der Waals surface area (Å²) in [5.74, 6) is -0.138. The molecule has 1 atom stereocenters. The summed E-state index contributed by atoms with van der Waals surface area (Å²) in [5, 5.41) is 3.42. The van der Waals surface area contributed by atoms with Gasteiger partial charge in [0.05, 0.1) is 11.8 Å². The number of carbonyl (C=O) groups is 1. The fraction of sp³-hybridized carbons (Fsp3) is 0.350. The first-order valence-corrected chi connectivity index (χ1v) is 11.2. The molecule has 1 aliphatic heterocycles. The van der Waals surface area contributed by atoms with Gasteiger partial charge in [-0.2, -0.15) is 4.31 Å². The van der Waals surface area contributed by atoms with E-state index < -0.39 is 10.0 Å². The quantitative estimate of drug-likeness (QED) is 0.778. The molecule has 28 heavy (non-hydrogen) atoms. The number of hydrogen-bond acceptors (Lipinski definition) is 4. The summed E-state index contributed by atoms with van der Waals surface area (Å²) >= 11 is 5.95. The van der Waals surface area contributed by atoms with Gasteiger partial charge in [0.25, 0.3) is 0 Å². The SMILES string of the molecule is CC(C(=O)Nc1cccc(Cl)c1)N1CCN(S(=O)(=O)Cc2ccccc2)CC1. The molecular formula is C20H24ClN3O3S. The highest BCUT2D eigenvalue weighted by Crippen LogP contribution is 2.18. The number of anilines is 1. The van der Waals surface area contributed by atoms with Crippen LogP contribution >= 0.6 is 11.6 Å². The standard InChI is InChI=1S/C20H24ClN3O3S/c1-16(20(25)22-19-9-5-8-18(21)14-19)23-10-12-24(13-11-23)28(26,27)15-17-6-3-2-4-7-17/h2-9,14,16H,10-13,15H2,1H3,(H,22,25). The van der Waals surface area contributed by atoms with Crippen LogP contribution in [0.15, 0.2) is 54.6 Å². The number of hydrogen-bond donors (Lipinski definition) is 1. The molecule has 6 nitrogen and oxygen atoms in total. The van der Waals surface area contributed by atoms with Gasteiger partial charge in [0, 0.05) is 36.9 Å². The number of sulfonamides is 1. The van der Waals surface area contributed by atoms with Gasteiger partial charge in [-0.05, 0) is 30.7 Å². The van der Waals surface area contributed by atoms with E-state index in [0.717, 1.165) is 5.56 Å². The fourth-order valence-electron chi connectivity index (χ4n) is 3.22. The normalized spacial score (nSPS) is 17.2. The van der Waals surface area contributed by atoms with Gasteiger partial charge in [-0.15, -0.1) is 0 Å². The van der Waals surface area contributed by atoms with E-state index in [4.69, 9.17) is 11.6 Å². The van der Waals surface area contributed by atoms with Crippen LogP contribution in [0.4, 0.5) is 5.69 Å². The summed E-state index contributed by atoms with van der Waals surface area (Å²) < 4.78 is 26.8. The number of benzene rings is 2. The number of piperazine rings is 1. The van der Waals surface area contributed by atoms with E-state index >= 15 is 0 Å². The average Bonchev–Trinajstić information content (AvgIpc) is 2.68. The first-order valence-electron chi connectivity index (χ1n) is 9.17. The van der Waals surface area contributed by atoms with Crippen molar-refractivity contribution < 1.29 is 13.2 Å². The third kappa shape index (κ3) is 5.32. The highest BCUT2D eigenvalue weighted by molar-refractivity contribution is 7.88. The molecule has 1 unspecified atom stereocenters. The highest BCUT2D eigenvalue weighted by atomic mass is 35.5. The molecule has 1 saturated heterocycles. The second kappa shape index (κ2) is 9.05.